The highest BCUT2D eigenvalue weighted by atomic mass is 35.5. The fourth-order valence-corrected chi connectivity index (χ4v) is 2.94. The topological polar surface area (TPSA) is 59.1 Å². The van der Waals surface area contributed by atoms with E-state index in [0.717, 1.165) is 0 Å². The van der Waals surface area contributed by atoms with Crippen molar-refractivity contribution in [2.45, 2.75) is 13.0 Å². The van der Waals surface area contributed by atoms with Crippen LogP contribution in [0.4, 0.5) is 5.69 Å². The van der Waals surface area contributed by atoms with Crippen molar-refractivity contribution in [1.82, 2.24) is 4.90 Å². The van der Waals surface area contributed by atoms with Crippen LogP contribution >= 0.6 is 11.6 Å². The standard InChI is InChI=1S/C20H21ClN2O4/c1-14-20(25)23(17-8-3-4-9-18(17)27-14)13-19(24)22(2)10-11-26-16-7-5-6-15(21)12-16/h3-9,12,14H,10-11,13H2,1-2H3. The van der Waals surface area contributed by atoms with Gasteiger partial charge in [0.2, 0.25) is 5.91 Å². The van der Waals surface area contributed by atoms with Crippen LogP contribution in [0.25, 0.3) is 0 Å². The van der Waals surface area contributed by atoms with Gasteiger partial charge in [-0.05, 0) is 37.3 Å². The lowest BCUT2D eigenvalue weighted by atomic mass is 10.2. The number of nitrogens with zero attached hydrogens (tertiary/aromatic N) is 2. The van der Waals surface area contributed by atoms with Crippen LogP contribution in [-0.2, 0) is 9.59 Å². The van der Waals surface area contributed by atoms with Crippen molar-refractivity contribution in [1.29, 1.82) is 0 Å². The lowest BCUT2D eigenvalue weighted by Crippen LogP contribution is -2.49. The van der Waals surface area contributed by atoms with Crippen LogP contribution in [0.1, 0.15) is 6.92 Å². The number of amides is 2. The van der Waals surface area contributed by atoms with Crippen molar-refractivity contribution in [3.05, 3.63) is 53.6 Å². The highest BCUT2D eigenvalue weighted by Gasteiger charge is 2.32. The summed E-state index contributed by atoms with van der Waals surface area (Å²) in [6, 6.07) is 14.3. The number of hydrogen-bond donors (Lipinski definition) is 0. The Balaban J connectivity index is 1.58. The summed E-state index contributed by atoms with van der Waals surface area (Å²) >= 11 is 5.92. The molecule has 0 aromatic heterocycles. The molecule has 0 saturated carbocycles. The number of likely N-dealkylation sites (N-methyl/N-ethyl adjacent to an activating group) is 1. The van der Waals surface area contributed by atoms with E-state index >= 15 is 0 Å². The zero-order valence-electron chi connectivity index (χ0n) is 15.2. The van der Waals surface area contributed by atoms with Gasteiger partial charge in [-0.1, -0.05) is 29.8 Å². The van der Waals surface area contributed by atoms with Crippen molar-refractivity contribution in [2.24, 2.45) is 0 Å². The van der Waals surface area contributed by atoms with E-state index in [0.29, 0.717) is 35.4 Å². The van der Waals surface area contributed by atoms with Gasteiger partial charge in [0.25, 0.3) is 5.91 Å². The molecular formula is C20H21ClN2O4. The van der Waals surface area contributed by atoms with E-state index < -0.39 is 6.10 Å². The van der Waals surface area contributed by atoms with Crippen molar-refractivity contribution in [3.8, 4) is 11.5 Å². The molecule has 3 rings (SSSR count). The van der Waals surface area contributed by atoms with Crippen LogP contribution in [0.15, 0.2) is 48.5 Å². The minimum atomic E-state index is -0.621. The van der Waals surface area contributed by atoms with Gasteiger partial charge in [0.15, 0.2) is 6.10 Å². The molecule has 0 bridgehead atoms. The van der Waals surface area contributed by atoms with Gasteiger partial charge in [-0.2, -0.15) is 0 Å². The van der Waals surface area contributed by atoms with E-state index in [9.17, 15) is 9.59 Å². The van der Waals surface area contributed by atoms with Gasteiger partial charge in [-0.3, -0.25) is 14.5 Å². The second-order valence-corrected chi connectivity index (χ2v) is 6.71. The third-order valence-corrected chi connectivity index (χ3v) is 4.52. The summed E-state index contributed by atoms with van der Waals surface area (Å²) in [6.45, 7) is 2.35. The van der Waals surface area contributed by atoms with Crippen molar-refractivity contribution in [2.75, 3.05) is 31.6 Å². The van der Waals surface area contributed by atoms with Crippen molar-refractivity contribution in [3.63, 3.8) is 0 Å². The minimum Gasteiger partial charge on any atom is -0.492 e. The first-order valence-corrected chi connectivity index (χ1v) is 9.03. The van der Waals surface area contributed by atoms with Gasteiger partial charge >= 0.3 is 0 Å². The maximum atomic E-state index is 12.6. The number of benzene rings is 2. The van der Waals surface area contributed by atoms with E-state index in [1.165, 1.54) is 4.90 Å². The Labute approximate surface area is 163 Å². The number of carbonyl (C=O) groups is 2. The zero-order chi connectivity index (χ0) is 19.4. The third kappa shape index (κ3) is 4.52. The van der Waals surface area contributed by atoms with Gasteiger partial charge < -0.3 is 14.4 Å². The van der Waals surface area contributed by atoms with Gasteiger partial charge in [0.1, 0.15) is 24.7 Å². The number of carbonyl (C=O) groups excluding carboxylic acids is 2. The van der Waals surface area contributed by atoms with E-state index in [2.05, 4.69) is 0 Å². The summed E-state index contributed by atoms with van der Waals surface area (Å²) in [4.78, 5) is 28.1. The highest BCUT2D eigenvalue weighted by Crippen LogP contribution is 2.33. The fraction of sp³-hybridized carbons (Fsp3) is 0.300. The Morgan fingerprint density at radius 1 is 1.26 bits per heavy atom. The quantitative estimate of drug-likeness (QED) is 0.763. The van der Waals surface area contributed by atoms with E-state index in [1.807, 2.05) is 12.1 Å². The first kappa shape index (κ1) is 19.0. The Kier molecular flexibility index (Phi) is 5.86. The summed E-state index contributed by atoms with van der Waals surface area (Å²) < 4.78 is 11.2. The molecule has 2 aromatic carbocycles. The first-order valence-electron chi connectivity index (χ1n) is 8.65. The summed E-state index contributed by atoms with van der Waals surface area (Å²) in [7, 11) is 1.68. The molecule has 0 spiro atoms. The molecule has 2 amide bonds. The maximum Gasteiger partial charge on any atom is 0.268 e. The predicted octanol–water partition coefficient (Wildman–Crippen LogP) is 2.99. The van der Waals surface area contributed by atoms with Crippen LogP contribution in [0.5, 0.6) is 11.5 Å². The molecule has 0 radical (unpaired) electrons. The average molecular weight is 389 g/mol. The summed E-state index contributed by atoms with van der Waals surface area (Å²) in [5.74, 6) is 0.839. The number of fused-ring (bicyclic) bond motifs is 1. The van der Waals surface area contributed by atoms with Crippen LogP contribution in [-0.4, -0.2) is 49.6 Å². The van der Waals surface area contributed by atoms with Crippen LogP contribution in [0, 0.1) is 0 Å². The molecule has 7 heteroatoms. The molecule has 1 heterocycles. The Morgan fingerprint density at radius 3 is 2.81 bits per heavy atom. The molecule has 0 fully saturated rings. The second kappa shape index (κ2) is 8.31. The summed E-state index contributed by atoms with van der Waals surface area (Å²) in [6.07, 6.45) is -0.621. The van der Waals surface area contributed by atoms with Gasteiger partial charge in [0, 0.05) is 12.1 Å². The van der Waals surface area contributed by atoms with Crippen LogP contribution in [0.2, 0.25) is 5.02 Å². The lowest BCUT2D eigenvalue weighted by Gasteiger charge is -2.33. The van der Waals surface area contributed by atoms with E-state index in [-0.39, 0.29) is 18.4 Å². The second-order valence-electron chi connectivity index (χ2n) is 6.27. The Bertz CT molecular complexity index is 842. The highest BCUT2D eigenvalue weighted by molar-refractivity contribution is 6.30. The lowest BCUT2D eigenvalue weighted by molar-refractivity contribution is -0.132. The van der Waals surface area contributed by atoms with E-state index in [1.54, 1.807) is 55.3 Å². The molecule has 0 N–H and O–H groups in total. The molecule has 0 saturated heterocycles. The van der Waals surface area contributed by atoms with Crippen molar-refractivity contribution >= 4 is 29.1 Å². The monoisotopic (exact) mass is 388 g/mol. The molecular weight excluding hydrogens is 368 g/mol. The van der Waals surface area contributed by atoms with Gasteiger partial charge in [0.05, 0.1) is 12.2 Å². The summed E-state index contributed by atoms with van der Waals surface area (Å²) in [5, 5.41) is 0.593. The Hall–Kier alpha value is -2.73. The number of anilines is 1. The number of halogens is 1. The average Bonchev–Trinajstić information content (AvgIpc) is 2.65. The molecule has 1 atom stereocenters. The molecule has 1 aliphatic heterocycles. The molecule has 1 aliphatic rings. The van der Waals surface area contributed by atoms with Crippen molar-refractivity contribution < 1.29 is 19.1 Å². The minimum absolute atomic E-state index is 0.0444. The molecule has 6 nitrogen and oxygen atoms in total. The molecule has 0 aliphatic carbocycles. The third-order valence-electron chi connectivity index (χ3n) is 4.28. The van der Waals surface area contributed by atoms with Gasteiger partial charge in [-0.15, -0.1) is 0 Å². The maximum absolute atomic E-state index is 12.6. The molecule has 27 heavy (non-hydrogen) atoms. The molecule has 142 valence electrons. The molecule has 2 aromatic rings. The predicted molar refractivity (Wildman–Crippen MR) is 103 cm³/mol. The number of ether oxygens (including phenoxy) is 2. The molecule has 1 unspecified atom stereocenters. The normalized spacial score (nSPS) is 15.7. The van der Waals surface area contributed by atoms with E-state index in [4.69, 9.17) is 21.1 Å². The largest absolute Gasteiger partial charge is 0.492 e. The fourth-order valence-electron chi connectivity index (χ4n) is 2.76. The van der Waals surface area contributed by atoms with Crippen LogP contribution in [0.3, 0.4) is 0 Å². The summed E-state index contributed by atoms with van der Waals surface area (Å²) in [5.41, 5.74) is 0.609. The van der Waals surface area contributed by atoms with Crippen LogP contribution < -0.4 is 14.4 Å². The van der Waals surface area contributed by atoms with Gasteiger partial charge in [-0.25, -0.2) is 0 Å². The smallest absolute Gasteiger partial charge is 0.268 e. The zero-order valence-corrected chi connectivity index (χ0v) is 16.0. The Morgan fingerprint density at radius 2 is 2.04 bits per heavy atom. The number of para-hydroxylation sites is 2. The SMILES string of the molecule is CC1Oc2ccccc2N(CC(=O)N(C)CCOc2cccc(Cl)c2)C1=O. The number of rotatable bonds is 6. The first-order chi connectivity index (χ1) is 13.0. The number of hydrogen-bond acceptors (Lipinski definition) is 4.